The van der Waals surface area contributed by atoms with Crippen LogP contribution in [0.1, 0.15) is 37.0 Å². The Morgan fingerprint density at radius 3 is 2.65 bits per heavy atom. The fourth-order valence-electron chi connectivity index (χ4n) is 2.57. The van der Waals surface area contributed by atoms with Gasteiger partial charge in [0, 0.05) is 38.2 Å². The summed E-state index contributed by atoms with van der Waals surface area (Å²) >= 11 is 0. The molecule has 0 amide bonds. The van der Waals surface area contributed by atoms with Crippen LogP contribution in [-0.4, -0.2) is 37.8 Å². The van der Waals surface area contributed by atoms with Crippen molar-refractivity contribution in [2.45, 2.75) is 32.3 Å². The number of rotatable bonds is 6. The molecule has 1 aromatic rings. The van der Waals surface area contributed by atoms with Crippen molar-refractivity contribution in [3.05, 3.63) is 29.8 Å². The average molecular weight is 278 g/mol. The predicted molar refractivity (Wildman–Crippen MR) is 76.4 cm³/mol. The van der Waals surface area contributed by atoms with E-state index in [0.717, 1.165) is 5.75 Å². The zero-order valence-electron chi connectivity index (χ0n) is 12.2. The molecule has 1 saturated heterocycles. The topological polar surface area (TPSA) is 44.8 Å². The molecule has 0 aliphatic carbocycles. The molecule has 1 aliphatic heterocycles. The molecule has 0 N–H and O–H groups in total. The second kappa shape index (κ2) is 6.86. The maximum atomic E-state index is 12.8. The lowest BCUT2D eigenvalue weighted by Gasteiger charge is -2.35. The van der Waals surface area contributed by atoms with Crippen molar-refractivity contribution in [2.24, 2.45) is 0 Å². The summed E-state index contributed by atoms with van der Waals surface area (Å²) in [5.41, 5.74) is -0.0935. The average Bonchev–Trinajstić information content (AvgIpc) is 2.48. The minimum Gasteiger partial charge on any atom is -0.494 e. The van der Waals surface area contributed by atoms with Crippen molar-refractivity contribution >= 4 is 5.78 Å². The third-order valence-corrected chi connectivity index (χ3v) is 3.54. The van der Waals surface area contributed by atoms with E-state index in [1.807, 2.05) is 32.0 Å². The Morgan fingerprint density at radius 2 is 2.00 bits per heavy atom. The van der Waals surface area contributed by atoms with Crippen LogP contribution in [0.2, 0.25) is 0 Å². The number of hydrogen-bond donors (Lipinski definition) is 0. The summed E-state index contributed by atoms with van der Waals surface area (Å²) in [4.78, 5) is 12.8. The first-order valence-electron chi connectivity index (χ1n) is 7.21. The molecule has 0 bridgehead atoms. The van der Waals surface area contributed by atoms with E-state index >= 15 is 0 Å². The Bertz CT molecular complexity index is 444. The molecule has 0 unspecified atom stereocenters. The lowest BCUT2D eigenvalue weighted by atomic mass is 9.85. The Labute approximate surface area is 120 Å². The van der Waals surface area contributed by atoms with Crippen LogP contribution in [0.25, 0.3) is 0 Å². The van der Waals surface area contributed by atoms with Crippen LogP contribution in [0.3, 0.4) is 0 Å². The number of hydrogen-bond acceptors (Lipinski definition) is 4. The second-order valence-corrected chi connectivity index (χ2v) is 4.83. The van der Waals surface area contributed by atoms with Crippen LogP contribution in [0, 0.1) is 0 Å². The molecule has 20 heavy (non-hydrogen) atoms. The summed E-state index contributed by atoms with van der Waals surface area (Å²) in [6.07, 6.45) is 1.22. The lowest BCUT2D eigenvalue weighted by molar-refractivity contribution is -0.0822. The van der Waals surface area contributed by atoms with Crippen LogP contribution in [-0.2, 0) is 9.47 Å². The molecule has 0 spiro atoms. The number of carbonyl (C=O) groups excluding carboxylic acids is 1. The van der Waals surface area contributed by atoms with Crippen LogP contribution in [0.5, 0.6) is 5.75 Å². The standard InChI is InChI=1S/C16H22O4/c1-3-19-14-7-5-6-13(12-14)15(17)16(20-4-2)8-10-18-11-9-16/h5-7,12H,3-4,8-11H2,1-2H3. The number of ether oxygens (including phenoxy) is 3. The molecule has 0 atom stereocenters. The van der Waals surface area contributed by atoms with E-state index in [1.165, 1.54) is 0 Å². The monoisotopic (exact) mass is 278 g/mol. The molecule has 110 valence electrons. The van der Waals surface area contributed by atoms with Gasteiger partial charge in [-0.1, -0.05) is 12.1 Å². The molecule has 2 rings (SSSR count). The third-order valence-electron chi connectivity index (χ3n) is 3.54. The number of benzene rings is 1. The summed E-state index contributed by atoms with van der Waals surface area (Å²) < 4.78 is 16.6. The third kappa shape index (κ3) is 3.19. The van der Waals surface area contributed by atoms with Gasteiger partial charge in [-0.3, -0.25) is 4.79 Å². The van der Waals surface area contributed by atoms with Gasteiger partial charge >= 0.3 is 0 Å². The van der Waals surface area contributed by atoms with Crippen LogP contribution in [0.15, 0.2) is 24.3 Å². The van der Waals surface area contributed by atoms with E-state index in [1.54, 1.807) is 6.07 Å². The van der Waals surface area contributed by atoms with Gasteiger partial charge in [-0.05, 0) is 26.0 Å². The van der Waals surface area contributed by atoms with Gasteiger partial charge in [-0.25, -0.2) is 0 Å². The first-order valence-corrected chi connectivity index (χ1v) is 7.21. The fraction of sp³-hybridized carbons (Fsp3) is 0.562. The molecule has 1 heterocycles. The van der Waals surface area contributed by atoms with Crippen LogP contribution >= 0.6 is 0 Å². The Kier molecular flexibility index (Phi) is 5.15. The van der Waals surface area contributed by atoms with Gasteiger partial charge < -0.3 is 14.2 Å². The van der Waals surface area contributed by atoms with Crippen LogP contribution in [0.4, 0.5) is 0 Å². The second-order valence-electron chi connectivity index (χ2n) is 4.83. The smallest absolute Gasteiger partial charge is 0.194 e. The highest BCUT2D eigenvalue weighted by Crippen LogP contribution is 2.30. The Morgan fingerprint density at radius 1 is 1.25 bits per heavy atom. The Hall–Kier alpha value is -1.39. The molecule has 0 radical (unpaired) electrons. The molecular weight excluding hydrogens is 256 g/mol. The summed E-state index contributed by atoms with van der Waals surface area (Å²) in [5, 5.41) is 0. The molecular formula is C16H22O4. The molecule has 0 aromatic heterocycles. The van der Waals surface area contributed by atoms with Crippen molar-refractivity contribution < 1.29 is 19.0 Å². The van der Waals surface area contributed by atoms with E-state index in [4.69, 9.17) is 14.2 Å². The first-order chi connectivity index (χ1) is 9.72. The summed E-state index contributed by atoms with van der Waals surface area (Å²) in [6.45, 7) is 6.09. The largest absolute Gasteiger partial charge is 0.494 e. The fourth-order valence-corrected chi connectivity index (χ4v) is 2.57. The maximum absolute atomic E-state index is 12.8. The maximum Gasteiger partial charge on any atom is 0.194 e. The summed E-state index contributed by atoms with van der Waals surface area (Å²) in [5.74, 6) is 0.751. The van der Waals surface area contributed by atoms with Crippen molar-refractivity contribution in [1.82, 2.24) is 0 Å². The van der Waals surface area contributed by atoms with Crippen molar-refractivity contribution in [1.29, 1.82) is 0 Å². The molecule has 1 aliphatic rings. The zero-order valence-corrected chi connectivity index (χ0v) is 12.2. The van der Waals surface area contributed by atoms with Gasteiger partial charge in [0.2, 0.25) is 0 Å². The normalized spacial score (nSPS) is 17.7. The predicted octanol–water partition coefficient (Wildman–Crippen LogP) is 2.85. The number of Topliss-reactive ketones (excluding diaryl/α,β-unsaturated/α-hetero) is 1. The van der Waals surface area contributed by atoms with Crippen molar-refractivity contribution in [3.8, 4) is 5.75 Å². The van der Waals surface area contributed by atoms with E-state index < -0.39 is 5.60 Å². The zero-order chi connectivity index (χ0) is 14.4. The number of ketones is 1. The highest BCUT2D eigenvalue weighted by atomic mass is 16.5. The molecule has 4 heteroatoms. The first kappa shape index (κ1) is 15.0. The van der Waals surface area contributed by atoms with Crippen molar-refractivity contribution in [2.75, 3.05) is 26.4 Å². The summed E-state index contributed by atoms with van der Waals surface area (Å²) in [7, 11) is 0. The quantitative estimate of drug-likeness (QED) is 0.751. The van der Waals surface area contributed by atoms with Crippen molar-refractivity contribution in [3.63, 3.8) is 0 Å². The summed E-state index contributed by atoms with van der Waals surface area (Å²) in [6, 6.07) is 7.32. The van der Waals surface area contributed by atoms with Gasteiger partial charge in [0.05, 0.1) is 6.61 Å². The van der Waals surface area contributed by atoms with Gasteiger partial charge in [-0.15, -0.1) is 0 Å². The minimum absolute atomic E-state index is 0.0317. The number of carbonyl (C=O) groups is 1. The van der Waals surface area contributed by atoms with Gasteiger partial charge in [0.1, 0.15) is 11.4 Å². The molecule has 4 nitrogen and oxygen atoms in total. The van der Waals surface area contributed by atoms with E-state index in [9.17, 15) is 4.79 Å². The SMILES string of the molecule is CCOc1cccc(C(=O)C2(OCC)CCOCC2)c1. The minimum atomic E-state index is -0.738. The lowest BCUT2D eigenvalue weighted by Crippen LogP contribution is -2.46. The Balaban J connectivity index is 2.24. The van der Waals surface area contributed by atoms with Gasteiger partial charge in [0.15, 0.2) is 5.78 Å². The highest BCUT2D eigenvalue weighted by Gasteiger charge is 2.41. The molecule has 0 saturated carbocycles. The highest BCUT2D eigenvalue weighted by molar-refractivity contribution is 6.02. The van der Waals surface area contributed by atoms with Crippen LogP contribution < -0.4 is 4.74 Å². The van der Waals surface area contributed by atoms with E-state index in [2.05, 4.69) is 0 Å². The van der Waals surface area contributed by atoms with Gasteiger partial charge in [-0.2, -0.15) is 0 Å². The van der Waals surface area contributed by atoms with E-state index in [0.29, 0.717) is 44.8 Å². The molecule has 1 aromatic carbocycles. The van der Waals surface area contributed by atoms with E-state index in [-0.39, 0.29) is 5.78 Å². The van der Waals surface area contributed by atoms with Gasteiger partial charge in [0.25, 0.3) is 0 Å². The molecule has 1 fully saturated rings.